The summed E-state index contributed by atoms with van der Waals surface area (Å²) in [7, 11) is 3.36. The quantitative estimate of drug-likeness (QED) is 0.845. The van der Waals surface area contributed by atoms with E-state index >= 15 is 0 Å². The third kappa shape index (κ3) is 4.30. The Hall–Kier alpha value is -2.54. The van der Waals surface area contributed by atoms with Crippen LogP contribution in [0.25, 0.3) is 0 Å². The first-order chi connectivity index (χ1) is 12.2. The smallest absolute Gasteiger partial charge is 0.268 e. The average Bonchev–Trinajstić information content (AvgIpc) is 2.65. The molecule has 0 unspecified atom stereocenters. The number of nitrogens with zero attached hydrogens (tertiary/aromatic N) is 4. The number of aryl methyl sites for hydroxylation is 1. The molecule has 0 radical (unpaired) electrons. The third-order valence-corrected chi connectivity index (χ3v) is 4.52. The van der Waals surface area contributed by atoms with E-state index in [4.69, 9.17) is 4.74 Å². The zero-order valence-corrected chi connectivity index (χ0v) is 14.8. The Morgan fingerprint density at radius 2 is 1.96 bits per heavy atom. The molecular weight excluding hydrogens is 318 g/mol. The second-order valence-electron chi connectivity index (χ2n) is 6.13. The molecule has 0 saturated carbocycles. The molecule has 2 aromatic rings. The van der Waals surface area contributed by atoms with Crippen molar-refractivity contribution in [3.8, 4) is 5.75 Å². The molecule has 1 aromatic carbocycles. The van der Waals surface area contributed by atoms with Crippen molar-refractivity contribution < 1.29 is 4.74 Å². The van der Waals surface area contributed by atoms with E-state index in [1.807, 2.05) is 18.2 Å². The minimum absolute atomic E-state index is 0.101. The van der Waals surface area contributed by atoms with Gasteiger partial charge in [0.2, 0.25) is 0 Å². The topological polar surface area (TPSA) is 62.6 Å². The van der Waals surface area contributed by atoms with Gasteiger partial charge >= 0.3 is 0 Å². The van der Waals surface area contributed by atoms with Crippen LogP contribution in [0.2, 0.25) is 0 Å². The number of methoxy groups -OCH3 is 1. The summed E-state index contributed by atoms with van der Waals surface area (Å²) in [5.41, 5.74) is 1.83. The van der Waals surface area contributed by atoms with Gasteiger partial charge < -0.3 is 15.0 Å². The van der Waals surface area contributed by atoms with E-state index in [-0.39, 0.29) is 5.56 Å². The summed E-state index contributed by atoms with van der Waals surface area (Å²) in [5.74, 6) is 0.927. The summed E-state index contributed by atoms with van der Waals surface area (Å²) in [6.07, 6.45) is 1.68. The number of hydrogen-bond donors (Lipinski definition) is 1. The highest BCUT2D eigenvalue weighted by Crippen LogP contribution is 2.28. The third-order valence-electron chi connectivity index (χ3n) is 4.52. The lowest BCUT2D eigenvalue weighted by Gasteiger charge is -2.36. The first-order valence-corrected chi connectivity index (χ1v) is 8.55. The van der Waals surface area contributed by atoms with Gasteiger partial charge in [0.25, 0.3) is 5.56 Å². The van der Waals surface area contributed by atoms with Gasteiger partial charge in [0, 0.05) is 52.4 Å². The summed E-state index contributed by atoms with van der Waals surface area (Å²) >= 11 is 0. The lowest BCUT2D eigenvalue weighted by atomic mass is 10.2. The highest BCUT2D eigenvalue weighted by molar-refractivity contribution is 5.58. The molecule has 1 saturated heterocycles. The van der Waals surface area contributed by atoms with Gasteiger partial charge in [-0.25, -0.2) is 4.68 Å². The van der Waals surface area contributed by atoms with Gasteiger partial charge in [-0.2, -0.15) is 5.10 Å². The Kier molecular flexibility index (Phi) is 5.55. The summed E-state index contributed by atoms with van der Waals surface area (Å²) in [5, 5.41) is 7.28. The molecular formula is C18H25N5O2. The van der Waals surface area contributed by atoms with E-state index < -0.39 is 0 Å². The second kappa shape index (κ2) is 8.02. The maximum atomic E-state index is 11.6. The molecule has 1 aromatic heterocycles. The maximum absolute atomic E-state index is 11.6. The largest absolute Gasteiger partial charge is 0.495 e. The Bertz CT molecular complexity index is 753. The predicted octanol–water partition coefficient (Wildman–Crippen LogP) is 1.02. The fraction of sp³-hybridized carbons (Fsp3) is 0.444. The zero-order valence-electron chi connectivity index (χ0n) is 14.8. The van der Waals surface area contributed by atoms with Crippen LogP contribution < -0.4 is 20.5 Å². The van der Waals surface area contributed by atoms with Crippen LogP contribution in [0.4, 0.5) is 11.4 Å². The maximum Gasteiger partial charge on any atom is 0.268 e. The van der Waals surface area contributed by atoms with E-state index in [1.165, 1.54) is 4.68 Å². The lowest BCUT2D eigenvalue weighted by Crippen LogP contribution is -2.47. The van der Waals surface area contributed by atoms with E-state index in [1.54, 1.807) is 26.4 Å². The molecule has 1 N–H and O–H groups in total. The zero-order chi connectivity index (χ0) is 17.6. The Labute approximate surface area is 147 Å². The molecule has 0 aliphatic carbocycles. The van der Waals surface area contributed by atoms with Gasteiger partial charge in [-0.3, -0.25) is 9.69 Å². The fourth-order valence-corrected chi connectivity index (χ4v) is 3.03. The van der Waals surface area contributed by atoms with Crippen molar-refractivity contribution in [1.29, 1.82) is 0 Å². The summed E-state index contributed by atoms with van der Waals surface area (Å²) in [6.45, 7) is 5.71. The molecule has 0 bridgehead atoms. The molecule has 134 valence electrons. The van der Waals surface area contributed by atoms with E-state index in [9.17, 15) is 4.79 Å². The van der Waals surface area contributed by atoms with Crippen LogP contribution in [0, 0.1) is 0 Å². The van der Waals surface area contributed by atoms with Gasteiger partial charge in [0.05, 0.1) is 24.7 Å². The summed E-state index contributed by atoms with van der Waals surface area (Å²) in [6, 6.07) is 9.73. The van der Waals surface area contributed by atoms with Crippen molar-refractivity contribution >= 4 is 11.4 Å². The molecule has 3 rings (SSSR count). The van der Waals surface area contributed by atoms with Crippen molar-refractivity contribution in [2.24, 2.45) is 7.05 Å². The number of hydrogen-bond acceptors (Lipinski definition) is 6. The van der Waals surface area contributed by atoms with Crippen LogP contribution in [0.5, 0.6) is 5.75 Å². The first kappa shape index (κ1) is 17.3. The molecule has 2 heterocycles. The second-order valence-corrected chi connectivity index (χ2v) is 6.13. The number of para-hydroxylation sites is 2. The number of nitrogens with one attached hydrogen (secondary N) is 1. The number of benzene rings is 1. The van der Waals surface area contributed by atoms with Crippen molar-refractivity contribution in [1.82, 2.24) is 14.7 Å². The summed E-state index contributed by atoms with van der Waals surface area (Å²) < 4.78 is 6.78. The molecule has 7 heteroatoms. The number of ether oxygens (including phenoxy) is 1. The Balaban J connectivity index is 1.46. The van der Waals surface area contributed by atoms with Gasteiger partial charge in [0.1, 0.15) is 5.75 Å². The SMILES string of the molecule is COc1ccccc1N1CCN(CCNc2cnn(C)c(=O)c2)CC1. The predicted molar refractivity (Wildman–Crippen MR) is 99.6 cm³/mol. The normalized spacial score (nSPS) is 15.2. The van der Waals surface area contributed by atoms with Gasteiger partial charge in [-0.05, 0) is 12.1 Å². The van der Waals surface area contributed by atoms with Crippen LogP contribution in [-0.2, 0) is 7.05 Å². The Morgan fingerprint density at radius 3 is 2.68 bits per heavy atom. The van der Waals surface area contributed by atoms with Crippen molar-refractivity contribution in [2.75, 3.05) is 56.6 Å². The van der Waals surface area contributed by atoms with Crippen LogP contribution in [-0.4, -0.2) is 61.1 Å². The van der Waals surface area contributed by atoms with E-state index in [0.29, 0.717) is 0 Å². The minimum atomic E-state index is -0.101. The number of anilines is 2. The van der Waals surface area contributed by atoms with Crippen LogP contribution in [0.15, 0.2) is 41.3 Å². The van der Waals surface area contributed by atoms with Crippen LogP contribution in [0.1, 0.15) is 0 Å². The molecule has 0 atom stereocenters. The van der Waals surface area contributed by atoms with Gasteiger partial charge in [-0.1, -0.05) is 12.1 Å². The van der Waals surface area contributed by atoms with Crippen molar-refractivity contribution in [3.63, 3.8) is 0 Å². The summed E-state index contributed by atoms with van der Waals surface area (Å²) in [4.78, 5) is 16.4. The first-order valence-electron chi connectivity index (χ1n) is 8.55. The van der Waals surface area contributed by atoms with Crippen LogP contribution in [0.3, 0.4) is 0 Å². The molecule has 1 fully saturated rings. The van der Waals surface area contributed by atoms with Gasteiger partial charge in [-0.15, -0.1) is 0 Å². The van der Waals surface area contributed by atoms with Crippen LogP contribution >= 0.6 is 0 Å². The number of aromatic nitrogens is 2. The van der Waals surface area contributed by atoms with Crippen molar-refractivity contribution in [2.45, 2.75) is 0 Å². The Morgan fingerprint density at radius 1 is 1.20 bits per heavy atom. The molecule has 25 heavy (non-hydrogen) atoms. The molecule has 1 aliphatic rings. The minimum Gasteiger partial charge on any atom is -0.495 e. The highest BCUT2D eigenvalue weighted by Gasteiger charge is 2.19. The van der Waals surface area contributed by atoms with E-state index in [0.717, 1.165) is 56.4 Å². The monoisotopic (exact) mass is 343 g/mol. The average molecular weight is 343 g/mol. The van der Waals surface area contributed by atoms with Crippen molar-refractivity contribution in [3.05, 3.63) is 46.9 Å². The lowest BCUT2D eigenvalue weighted by molar-refractivity contribution is 0.266. The number of rotatable bonds is 6. The fourth-order valence-electron chi connectivity index (χ4n) is 3.03. The molecule has 7 nitrogen and oxygen atoms in total. The standard InChI is InChI=1S/C18H25N5O2/c1-21-18(24)13-15(14-20-21)19-7-8-22-9-11-23(12-10-22)16-5-3-4-6-17(16)25-2/h3-6,13-14,19H,7-12H2,1-2H3. The highest BCUT2D eigenvalue weighted by atomic mass is 16.5. The van der Waals surface area contributed by atoms with Gasteiger partial charge in [0.15, 0.2) is 0 Å². The molecule has 0 amide bonds. The molecule has 0 spiro atoms. The van der Waals surface area contributed by atoms with E-state index in [2.05, 4.69) is 26.3 Å². The molecule has 1 aliphatic heterocycles. The number of piperazine rings is 1.